The molecule has 0 aromatic heterocycles. The molecule has 0 fully saturated rings. The van der Waals surface area contributed by atoms with E-state index in [0.717, 1.165) is 19.3 Å². The third-order valence-electron chi connectivity index (χ3n) is 8.05. The molecule has 0 saturated carbocycles. The van der Waals surface area contributed by atoms with Gasteiger partial charge >= 0.3 is 0 Å². The minimum absolute atomic E-state index is 0.0614. The van der Waals surface area contributed by atoms with Gasteiger partial charge in [-0.1, -0.05) is 58.3 Å². The summed E-state index contributed by atoms with van der Waals surface area (Å²) in [6.07, 6.45) is 10.9. The zero-order valence-electron chi connectivity index (χ0n) is 27.4. The number of hydrogen-bond acceptors (Lipinski definition) is 8. The molecule has 4 N–H and O–H groups in total. The molecule has 1 aliphatic rings. The number of amides is 2. The Morgan fingerprint density at radius 3 is 2.33 bits per heavy atom. The number of aliphatic hydroxyl groups is 3. The lowest BCUT2D eigenvalue weighted by molar-refractivity contribution is -0.139. The van der Waals surface area contributed by atoms with Gasteiger partial charge in [0.25, 0.3) is 0 Å². The lowest BCUT2D eigenvalue weighted by Gasteiger charge is -2.41. The topological polar surface area (TPSA) is 138 Å². The first-order valence-electron chi connectivity index (χ1n) is 16.6. The highest BCUT2D eigenvalue weighted by molar-refractivity contribution is 14.1. The second kappa shape index (κ2) is 22.6. The van der Waals surface area contributed by atoms with Crippen LogP contribution in [0.4, 0.5) is 0 Å². The Balaban J connectivity index is 2.27. The predicted octanol–water partition coefficient (Wildman–Crippen LogP) is 4.88. The number of carbonyl (C=O) groups is 2. The summed E-state index contributed by atoms with van der Waals surface area (Å²) in [5.41, 5.74) is 1.02. The fourth-order valence-electron chi connectivity index (χ4n) is 5.58. The summed E-state index contributed by atoms with van der Waals surface area (Å²) in [4.78, 5) is 28.6. The van der Waals surface area contributed by atoms with Gasteiger partial charge in [-0.05, 0) is 66.1 Å². The van der Waals surface area contributed by atoms with Crippen LogP contribution in [0.15, 0.2) is 23.8 Å². The Morgan fingerprint density at radius 1 is 1.02 bits per heavy atom. The largest absolute Gasteiger partial charge is 0.493 e. The molecule has 256 valence electrons. The van der Waals surface area contributed by atoms with Gasteiger partial charge in [-0.15, -0.1) is 0 Å². The maximum atomic E-state index is 13.7. The number of nitrogens with zero attached hydrogens (tertiary/aromatic N) is 1. The minimum atomic E-state index is -1.13. The summed E-state index contributed by atoms with van der Waals surface area (Å²) < 4.78 is 18.1. The van der Waals surface area contributed by atoms with Crippen LogP contribution < -0.4 is 14.8 Å². The first-order valence-corrected chi connectivity index (χ1v) is 17.7. The Bertz CT molecular complexity index is 1050. The lowest BCUT2D eigenvalue weighted by atomic mass is 9.87. The maximum absolute atomic E-state index is 13.7. The lowest BCUT2D eigenvalue weighted by Crippen LogP contribution is -2.55. The molecule has 2 rings (SSSR count). The van der Waals surface area contributed by atoms with Crippen LogP contribution in [0.5, 0.6) is 11.5 Å². The van der Waals surface area contributed by atoms with Crippen LogP contribution in [-0.2, 0) is 20.9 Å². The first kappa shape index (κ1) is 39.2. The van der Waals surface area contributed by atoms with Crippen molar-refractivity contribution in [3.63, 3.8) is 0 Å². The van der Waals surface area contributed by atoms with E-state index in [1.165, 1.54) is 45.6 Å². The average molecular weight is 747 g/mol. The van der Waals surface area contributed by atoms with Gasteiger partial charge in [0.05, 0.1) is 29.9 Å². The van der Waals surface area contributed by atoms with Crippen molar-refractivity contribution in [3.8, 4) is 11.5 Å². The molecular formula is C34H55IN2O8. The van der Waals surface area contributed by atoms with Crippen LogP contribution in [0.25, 0.3) is 0 Å². The monoisotopic (exact) mass is 746 g/mol. The third-order valence-corrected chi connectivity index (χ3v) is 8.85. The van der Waals surface area contributed by atoms with E-state index >= 15 is 0 Å². The van der Waals surface area contributed by atoms with Crippen molar-refractivity contribution in [2.24, 2.45) is 0 Å². The average Bonchev–Trinajstić information content (AvgIpc) is 3.04. The zero-order valence-corrected chi connectivity index (χ0v) is 29.6. The number of ether oxygens (including phenoxy) is 3. The number of halogens is 1. The van der Waals surface area contributed by atoms with E-state index in [0.29, 0.717) is 58.8 Å². The van der Waals surface area contributed by atoms with E-state index in [1.54, 1.807) is 23.1 Å². The number of methoxy groups -OCH3 is 1. The van der Waals surface area contributed by atoms with Crippen molar-refractivity contribution >= 4 is 34.4 Å². The standard InChI is InChI=1S/C34H55IN2O8/c1-4-6-7-8-9-10-11-12-13-15-31(40)37(17-14-19-44-5-2)28-22-26(34(42)36-16-18-38)23-29(32(28)41)45-33-27(35)20-25(24-39)21-30(33)43-3/h20-21,23,28-29,32,38-39,41H,4-19,22,24H2,1-3H3,(H,36,42). The van der Waals surface area contributed by atoms with Gasteiger partial charge in [0.15, 0.2) is 11.5 Å². The molecule has 0 aliphatic heterocycles. The van der Waals surface area contributed by atoms with Gasteiger partial charge < -0.3 is 39.7 Å². The molecule has 11 heteroatoms. The molecule has 3 unspecified atom stereocenters. The van der Waals surface area contributed by atoms with Gasteiger partial charge in [0.2, 0.25) is 11.8 Å². The van der Waals surface area contributed by atoms with E-state index < -0.39 is 18.2 Å². The number of aliphatic hydroxyl groups excluding tert-OH is 3. The van der Waals surface area contributed by atoms with Crippen molar-refractivity contribution in [1.29, 1.82) is 0 Å². The zero-order chi connectivity index (χ0) is 33.0. The van der Waals surface area contributed by atoms with Crippen LogP contribution in [-0.4, -0.2) is 90.3 Å². The summed E-state index contributed by atoms with van der Waals surface area (Å²) in [5, 5.41) is 33.3. The van der Waals surface area contributed by atoms with E-state index in [4.69, 9.17) is 14.2 Å². The fraction of sp³-hybridized carbons (Fsp3) is 0.706. The number of unbranched alkanes of at least 4 members (excludes halogenated alkanes) is 8. The van der Waals surface area contributed by atoms with Crippen LogP contribution in [0.2, 0.25) is 0 Å². The molecule has 1 aromatic carbocycles. The highest BCUT2D eigenvalue weighted by atomic mass is 127. The van der Waals surface area contributed by atoms with Gasteiger partial charge in [0.1, 0.15) is 12.2 Å². The van der Waals surface area contributed by atoms with Crippen LogP contribution in [0.3, 0.4) is 0 Å². The number of benzene rings is 1. The summed E-state index contributed by atoms with van der Waals surface area (Å²) >= 11 is 2.08. The van der Waals surface area contributed by atoms with Crippen LogP contribution in [0, 0.1) is 3.57 Å². The van der Waals surface area contributed by atoms with Crippen molar-refractivity contribution < 1.29 is 39.1 Å². The smallest absolute Gasteiger partial charge is 0.247 e. The van der Waals surface area contributed by atoms with Crippen molar-refractivity contribution in [2.45, 2.75) is 116 Å². The first-order chi connectivity index (χ1) is 21.8. The Hall–Kier alpha value is -1.93. The van der Waals surface area contributed by atoms with E-state index in [9.17, 15) is 24.9 Å². The van der Waals surface area contributed by atoms with E-state index in [1.807, 2.05) is 6.92 Å². The molecule has 1 aliphatic carbocycles. The van der Waals surface area contributed by atoms with Gasteiger partial charge in [-0.3, -0.25) is 9.59 Å². The SMILES string of the molecule is CCCCCCCCCCCC(=O)N(CCCOCC)C1CC(C(=O)NCCO)=CC(Oc2c(I)cc(CO)cc2OC)C1O. The van der Waals surface area contributed by atoms with Crippen molar-refractivity contribution in [2.75, 3.05) is 40.0 Å². The molecular weight excluding hydrogens is 691 g/mol. The summed E-state index contributed by atoms with van der Waals surface area (Å²) in [6.45, 7) is 5.27. The summed E-state index contributed by atoms with van der Waals surface area (Å²) in [7, 11) is 1.49. The molecule has 0 heterocycles. The number of rotatable bonds is 23. The molecule has 0 bridgehead atoms. The number of hydrogen-bond donors (Lipinski definition) is 4. The molecule has 10 nitrogen and oxygen atoms in total. The van der Waals surface area contributed by atoms with Gasteiger partial charge in [-0.25, -0.2) is 0 Å². The molecule has 1 aromatic rings. The number of nitrogens with one attached hydrogen (secondary N) is 1. The fourth-order valence-corrected chi connectivity index (χ4v) is 6.37. The predicted molar refractivity (Wildman–Crippen MR) is 183 cm³/mol. The van der Waals surface area contributed by atoms with E-state index in [2.05, 4.69) is 34.8 Å². The third kappa shape index (κ3) is 13.4. The minimum Gasteiger partial charge on any atom is -0.493 e. The van der Waals surface area contributed by atoms with Gasteiger partial charge in [0, 0.05) is 44.7 Å². The Labute approximate surface area is 283 Å². The summed E-state index contributed by atoms with van der Waals surface area (Å²) in [5.74, 6) is 0.312. The number of carbonyl (C=O) groups excluding carboxylic acids is 2. The van der Waals surface area contributed by atoms with Crippen LogP contribution >= 0.6 is 22.6 Å². The summed E-state index contributed by atoms with van der Waals surface area (Å²) in [6, 6.07) is 2.72. The van der Waals surface area contributed by atoms with Gasteiger partial charge in [-0.2, -0.15) is 0 Å². The second-order valence-electron chi connectivity index (χ2n) is 11.5. The van der Waals surface area contributed by atoms with Crippen molar-refractivity contribution in [1.82, 2.24) is 10.2 Å². The molecule has 3 atom stereocenters. The highest BCUT2D eigenvalue weighted by Crippen LogP contribution is 2.37. The molecule has 0 radical (unpaired) electrons. The highest BCUT2D eigenvalue weighted by Gasteiger charge is 2.40. The Morgan fingerprint density at radius 2 is 1.71 bits per heavy atom. The second-order valence-corrected chi connectivity index (χ2v) is 12.7. The Kier molecular flexibility index (Phi) is 19.7. The normalized spacial score (nSPS) is 17.9. The molecule has 2 amide bonds. The quantitative estimate of drug-likeness (QED) is 0.0919. The molecule has 45 heavy (non-hydrogen) atoms. The molecule has 0 spiro atoms. The van der Waals surface area contributed by atoms with Crippen molar-refractivity contribution in [3.05, 3.63) is 32.9 Å². The maximum Gasteiger partial charge on any atom is 0.247 e. The van der Waals surface area contributed by atoms with Crippen LogP contribution in [0.1, 0.15) is 96.5 Å². The molecule has 0 saturated heterocycles. The van der Waals surface area contributed by atoms with E-state index in [-0.39, 0.29) is 38.0 Å².